The third-order valence-corrected chi connectivity index (χ3v) is 6.57. The van der Waals surface area contributed by atoms with Gasteiger partial charge in [-0.3, -0.25) is 4.98 Å². The van der Waals surface area contributed by atoms with Gasteiger partial charge < -0.3 is 20.3 Å². The molecule has 3 aromatic rings. The van der Waals surface area contributed by atoms with Gasteiger partial charge in [0.05, 0.1) is 17.8 Å². The molecule has 0 unspecified atom stereocenters. The first-order valence-corrected chi connectivity index (χ1v) is 10.1. The lowest BCUT2D eigenvalue weighted by Crippen LogP contribution is -2.29. The molecule has 0 spiro atoms. The van der Waals surface area contributed by atoms with Crippen LogP contribution in [0.5, 0.6) is 5.75 Å². The zero-order valence-corrected chi connectivity index (χ0v) is 17.9. The van der Waals surface area contributed by atoms with Gasteiger partial charge in [0.2, 0.25) is 0 Å². The van der Waals surface area contributed by atoms with E-state index in [2.05, 4.69) is 56.6 Å². The fourth-order valence-corrected chi connectivity index (χ4v) is 4.87. The molecule has 0 saturated carbocycles. The van der Waals surface area contributed by atoms with Crippen molar-refractivity contribution < 1.29 is 5.11 Å². The predicted molar refractivity (Wildman–Crippen MR) is 119 cm³/mol. The normalized spacial score (nSPS) is 19.4. The van der Waals surface area contributed by atoms with Crippen LogP contribution in [-0.4, -0.2) is 20.2 Å². The lowest BCUT2D eigenvalue weighted by atomic mass is 9.96. The molecule has 0 aliphatic carbocycles. The summed E-state index contributed by atoms with van der Waals surface area (Å²) in [5.41, 5.74) is 5.36. The predicted octanol–water partition coefficient (Wildman–Crippen LogP) is 4.51. The van der Waals surface area contributed by atoms with Crippen molar-refractivity contribution in [3.05, 3.63) is 74.9 Å². The fourth-order valence-electron chi connectivity index (χ4n) is 3.66. The molecule has 0 bridgehead atoms. The number of halogens is 1. The first-order chi connectivity index (χ1) is 13.0. The summed E-state index contributed by atoms with van der Waals surface area (Å²) in [5, 5.41) is 13.8. The highest BCUT2D eigenvalue weighted by Gasteiger charge is 2.42. The van der Waals surface area contributed by atoms with Crippen molar-refractivity contribution in [2.45, 2.75) is 25.9 Å². The molecule has 27 heavy (non-hydrogen) atoms. The van der Waals surface area contributed by atoms with E-state index in [-0.39, 0.29) is 17.8 Å². The molecule has 0 radical (unpaired) electrons. The number of rotatable bonds is 3. The van der Waals surface area contributed by atoms with E-state index in [0.717, 1.165) is 22.8 Å². The largest absolute Gasteiger partial charge is 0.508 e. The smallest absolute Gasteiger partial charge is 0.174 e. The van der Waals surface area contributed by atoms with E-state index in [1.54, 1.807) is 18.3 Å². The Morgan fingerprint density at radius 2 is 1.85 bits per heavy atom. The van der Waals surface area contributed by atoms with E-state index in [9.17, 15) is 5.11 Å². The Kier molecular flexibility index (Phi) is 4.81. The molecule has 138 valence electrons. The van der Waals surface area contributed by atoms with Crippen molar-refractivity contribution in [1.82, 2.24) is 15.3 Å². The van der Waals surface area contributed by atoms with Crippen LogP contribution >= 0.6 is 34.8 Å². The summed E-state index contributed by atoms with van der Waals surface area (Å²) >= 11 is 8.11. The SMILES string of the molecule is Cc1[nH]c(C)c([C@H]2[C@H](c3ccccn3)NC(=S)N2c2ccc(O)cc2)c1I. The number of anilines is 1. The average Bonchev–Trinajstić information content (AvgIpc) is 3.12. The van der Waals surface area contributed by atoms with Crippen LogP contribution < -0.4 is 10.2 Å². The van der Waals surface area contributed by atoms with Crippen LogP contribution in [0.2, 0.25) is 0 Å². The molecule has 3 heterocycles. The van der Waals surface area contributed by atoms with Crippen LogP contribution in [0.1, 0.15) is 34.7 Å². The van der Waals surface area contributed by atoms with E-state index < -0.39 is 0 Å². The van der Waals surface area contributed by atoms with Crippen molar-refractivity contribution in [2.24, 2.45) is 0 Å². The summed E-state index contributed by atoms with van der Waals surface area (Å²) in [7, 11) is 0. The highest BCUT2D eigenvalue weighted by molar-refractivity contribution is 14.1. The molecule has 1 fully saturated rings. The summed E-state index contributed by atoms with van der Waals surface area (Å²) in [6, 6.07) is 13.0. The molecule has 2 aromatic heterocycles. The molecule has 1 aliphatic heterocycles. The minimum Gasteiger partial charge on any atom is -0.508 e. The van der Waals surface area contributed by atoms with Crippen LogP contribution in [0.4, 0.5) is 5.69 Å². The maximum Gasteiger partial charge on any atom is 0.174 e. The second-order valence-electron chi connectivity index (χ2n) is 6.62. The van der Waals surface area contributed by atoms with E-state index in [0.29, 0.717) is 5.11 Å². The molecule has 4 rings (SSSR count). The molecule has 3 N–H and O–H groups in total. The van der Waals surface area contributed by atoms with Gasteiger partial charge in [-0.05, 0) is 85.1 Å². The van der Waals surface area contributed by atoms with Gasteiger partial charge >= 0.3 is 0 Å². The molecule has 1 aliphatic rings. The quantitative estimate of drug-likeness (QED) is 0.373. The van der Waals surface area contributed by atoms with Crippen molar-refractivity contribution in [2.75, 3.05) is 4.90 Å². The van der Waals surface area contributed by atoms with Gasteiger partial charge in [0.15, 0.2) is 5.11 Å². The third kappa shape index (κ3) is 3.19. The molecular weight excluding hydrogens is 471 g/mol. The number of phenols is 1. The van der Waals surface area contributed by atoms with Gasteiger partial charge in [-0.25, -0.2) is 0 Å². The number of pyridine rings is 1. The number of nitrogens with zero attached hydrogens (tertiary/aromatic N) is 2. The Morgan fingerprint density at radius 1 is 1.11 bits per heavy atom. The highest BCUT2D eigenvalue weighted by atomic mass is 127. The second kappa shape index (κ2) is 7.12. The average molecular weight is 490 g/mol. The number of aromatic hydroxyl groups is 1. The molecule has 1 aromatic carbocycles. The molecule has 0 amide bonds. The molecule has 2 atom stereocenters. The summed E-state index contributed by atoms with van der Waals surface area (Å²) in [6.07, 6.45) is 1.81. The number of hydrogen-bond acceptors (Lipinski definition) is 3. The summed E-state index contributed by atoms with van der Waals surface area (Å²) in [6.45, 7) is 4.18. The Labute approximate surface area is 177 Å². The fraction of sp³-hybridized carbons (Fsp3) is 0.200. The van der Waals surface area contributed by atoms with Crippen molar-refractivity contribution >= 4 is 45.6 Å². The van der Waals surface area contributed by atoms with Gasteiger partial charge in [0, 0.05) is 32.4 Å². The van der Waals surface area contributed by atoms with Crippen LogP contribution in [0, 0.1) is 17.4 Å². The Hall–Kier alpha value is -2.13. The Bertz CT molecular complexity index is 987. The molecule has 5 nitrogen and oxygen atoms in total. The van der Waals surface area contributed by atoms with Gasteiger partial charge in [0.1, 0.15) is 5.75 Å². The van der Waals surface area contributed by atoms with Crippen LogP contribution in [0.25, 0.3) is 0 Å². The third-order valence-electron chi connectivity index (χ3n) is 4.87. The maximum atomic E-state index is 9.69. The standard InChI is InChI=1S/C20H19IN4OS/c1-11-16(17(21)12(2)23-11)19-18(15-5-3-4-10-22-15)24-20(27)25(19)13-6-8-14(26)9-7-13/h3-10,18-19,23,26H,1-2H3,(H,24,27)/t18-,19-/m0/s1. The van der Waals surface area contributed by atoms with Gasteiger partial charge in [-0.1, -0.05) is 6.07 Å². The number of benzene rings is 1. The maximum absolute atomic E-state index is 9.69. The summed E-state index contributed by atoms with van der Waals surface area (Å²) in [4.78, 5) is 10.1. The first kappa shape index (κ1) is 18.2. The van der Waals surface area contributed by atoms with E-state index in [4.69, 9.17) is 12.2 Å². The van der Waals surface area contributed by atoms with Crippen molar-refractivity contribution in [3.63, 3.8) is 0 Å². The topological polar surface area (TPSA) is 64.2 Å². The van der Waals surface area contributed by atoms with Crippen molar-refractivity contribution in [1.29, 1.82) is 0 Å². The monoisotopic (exact) mass is 490 g/mol. The zero-order chi connectivity index (χ0) is 19.1. The van der Waals surface area contributed by atoms with Gasteiger partial charge in [-0.2, -0.15) is 0 Å². The Morgan fingerprint density at radius 3 is 2.44 bits per heavy atom. The number of aromatic nitrogens is 2. The summed E-state index contributed by atoms with van der Waals surface area (Å²) in [5.74, 6) is 0.234. The number of aryl methyl sites for hydroxylation is 2. The molecule has 7 heteroatoms. The van der Waals surface area contributed by atoms with Crippen LogP contribution in [-0.2, 0) is 0 Å². The lowest BCUT2D eigenvalue weighted by molar-refractivity contribution is 0.475. The number of hydrogen-bond donors (Lipinski definition) is 3. The highest BCUT2D eigenvalue weighted by Crippen LogP contribution is 2.44. The lowest BCUT2D eigenvalue weighted by Gasteiger charge is -2.28. The van der Waals surface area contributed by atoms with E-state index >= 15 is 0 Å². The number of aromatic amines is 1. The van der Waals surface area contributed by atoms with Crippen LogP contribution in [0.15, 0.2) is 48.7 Å². The number of nitrogens with one attached hydrogen (secondary N) is 2. The number of H-pyrrole nitrogens is 1. The van der Waals surface area contributed by atoms with Gasteiger partial charge in [0.25, 0.3) is 0 Å². The zero-order valence-electron chi connectivity index (χ0n) is 14.9. The number of phenolic OH excluding ortho intramolecular Hbond substituents is 1. The first-order valence-electron chi connectivity index (χ1n) is 8.61. The Balaban J connectivity index is 1.89. The van der Waals surface area contributed by atoms with E-state index in [1.165, 1.54) is 9.13 Å². The molecular formula is C20H19IN4OS. The van der Waals surface area contributed by atoms with E-state index in [1.807, 2.05) is 30.3 Å². The van der Waals surface area contributed by atoms with Crippen molar-refractivity contribution in [3.8, 4) is 5.75 Å². The summed E-state index contributed by atoms with van der Waals surface area (Å²) < 4.78 is 1.20. The second-order valence-corrected chi connectivity index (χ2v) is 8.08. The molecule has 1 saturated heterocycles. The van der Waals surface area contributed by atoms with Crippen LogP contribution in [0.3, 0.4) is 0 Å². The number of thiocarbonyl (C=S) groups is 1. The minimum atomic E-state index is -0.0741. The van der Waals surface area contributed by atoms with Gasteiger partial charge in [-0.15, -0.1) is 0 Å². The minimum absolute atomic E-state index is 0.0474.